The number of hydrogen-bond acceptors (Lipinski definition) is 5. The van der Waals surface area contributed by atoms with Crippen molar-refractivity contribution in [3.05, 3.63) is 76.8 Å². The Morgan fingerprint density at radius 3 is 2.71 bits per heavy atom. The zero-order chi connectivity index (χ0) is 24.8. The number of carbonyl (C=O) groups is 1. The molecule has 1 aliphatic rings. The number of amides is 1. The third-order valence-electron chi connectivity index (χ3n) is 6.56. The lowest BCUT2D eigenvalue weighted by molar-refractivity contribution is -0.120. The number of aliphatic hydroxyl groups is 1. The van der Waals surface area contributed by atoms with E-state index >= 15 is 0 Å². The number of aliphatic hydroxyl groups excluding tert-OH is 1. The van der Waals surface area contributed by atoms with Gasteiger partial charge < -0.3 is 15.7 Å². The van der Waals surface area contributed by atoms with Crippen molar-refractivity contribution in [3.63, 3.8) is 0 Å². The molecule has 2 aromatic carbocycles. The normalized spacial score (nSPS) is 19.8. The highest BCUT2D eigenvalue weighted by molar-refractivity contribution is 7.13. The molecule has 2 unspecified atom stereocenters. The number of carbonyl (C=O) groups excluding carboxylic acids is 1. The number of benzene rings is 2. The largest absolute Gasteiger partial charge is 0.390 e. The van der Waals surface area contributed by atoms with Crippen molar-refractivity contribution >= 4 is 17.2 Å². The first-order valence-electron chi connectivity index (χ1n) is 12.0. The Labute approximate surface area is 208 Å². The molecule has 35 heavy (non-hydrogen) atoms. The van der Waals surface area contributed by atoms with Crippen molar-refractivity contribution in [1.29, 1.82) is 0 Å². The maximum atomic E-state index is 13.6. The predicted octanol–water partition coefficient (Wildman–Crippen LogP) is 4.81. The van der Waals surface area contributed by atoms with Crippen LogP contribution in [0.25, 0.3) is 10.6 Å². The van der Waals surface area contributed by atoms with Crippen LogP contribution in [-0.2, 0) is 11.2 Å². The van der Waals surface area contributed by atoms with Gasteiger partial charge in [0.15, 0.2) is 0 Å². The van der Waals surface area contributed by atoms with E-state index in [2.05, 4.69) is 39.9 Å². The van der Waals surface area contributed by atoms with Crippen LogP contribution in [0.4, 0.5) is 8.78 Å². The van der Waals surface area contributed by atoms with Crippen LogP contribution in [0.1, 0.15) is 49.7 Å². The fourth-order valence-corrected chi connectivity index (χ4v) is 5.56. The number of hydrogen-bond donors (Lipinski definition) is 3. The minimum absolute atomic E-state index is 0.133. The summed E-state index contributed by atoms with van der Waals surface area (Å²) in [7, 11) is 0. The van der Waals surface area contributed by atoms with Gasteiger partial charge in [0, 0.05) is 42.7 Å². The molecule has 4 rings (SSSR count). The first-order chi connectivity index (χ1) is 16.9. The minimum atomic E-state index is -0.904. The van der Waals surface area contributed by atoms with Gasteiger partial charge in [-0.2, -0.15) is 0 Å². The molecule has 8 heteroatoms. The summed E-state index contributed by atoms with van der Waals surface area (Å²) in [6, 6.07) is 11.4. The van der Waals surface area contributed by atoms with E-state index < -0.39 is 23.8 Å². The Hall–Kier alpha value is -2.68. The second kappa shape index (κ2) is 11.8. The minimum Gasteiger partial charge on any atom is -0.390 e. The van der Waals surface area contributed by atoms with Gasteiger partial charge in [0.25, 0.3) is 0 Å². The van der Waals surface area contributed by atoms with E-state index in [1.165, 1.54) is 24.6 Å². The Morgan fingerprint density at radius 2 is 2.00 bits per heavy atom. The molecule has 4 atom stereocenters. The molecule has 0 saturated heterocycles. The van der Waals surface area contributed by atoms with Crippen LogP contribution < -0.4 is 10.6 Å². The summed E-state index contributed by atoms with van der Waals surface area (Å²) in [5, 5.41) is 20.0. The van der Waals surface area contributed by atoms with Crippen molar-refractivity contribution in [3.8, 4) is 10.6 Å². The molecular weight excluding hydrogens is 468 g/mol. The van der Waals surface area contributed by atoms with E-state index in [0.717, 1.165) is 42.3 Å². The van der Waals surface area contributed by atoms with E-state index in [9.17, 15) is 18.7 Å². The summed E-state index contributed by atoms with van der Waals surface area (Å²) in [4.78, 5) is 16.1. The van der Waals surface area contributed by atoms with Crippen LogP contribution in [0, 0.1) is 11.6 Å². The molecule has 0 radical (unpaired) electrons. The molecular formula is C27H31F2N3O2S. The number of thiazole rings is 1. The Kier molecular flexibility index (Phi) is 8.59. The van der Waals surface area contributed by atoms with E-state index in [1.807, 2.05) is 11.6 Å². The van der Waals surface area contributed by atoms with E-state index in [1.54, 1.807) is 11.3 Å². The zero-order valence-corrected chi connectivity index (χ0v) is 20.5. The summed E-state index contributed by atoms with van der Waals surface area (Å²) >= 11 is 1.63. The molecule has 5 nitrogen and oxygen atoms in total. The smallest absolute Gasteiger partial charge is 0.217 e. The monoisotopic (exact) mass is 499 g/mol. The quantitative estimate of drug-likeness (QED) is 0.395. The lowest BCUT2D eigenvalue weighted by Crippen LogP contribution is -2.50. The topological polar surface area (TPSA) is 74.2 Å². The summed E-state index contributed by atoms with van der Waals surface area (Å²) in [6.07, 6.45) is 5.20. The Morgan fingerprint density at radius 1 is 1.20 bits per heavy atom. The van der Waals surface area contributed by atoms with Crippen LogP contribution in [0.3, 0.4) is 0 Å². The van der Waals surface area contributed by atoms with Gasteiger partial charge in [-0.05, 0) is 60.9 Å². The van der Waals surface area contributed by atoms with Crippen LogP contribution in [0.5, 0.6) is 0 Å². The van der Waals surface area contributed by atoms with Crippen molar-refractivity contribution in [2.45, 2.75) is 63.1 Å². The van der Waals surface area contributed by atoms with E-state index in [0.29, 0.717) is 11.5 Å². The van der Waals surface area contributed by atoms with Gasteiger partial charge in [-0.25, -0.2) is 13.8 Å². The highest BCUT2D eigenvalue weighted by Crippen LogP contribution is 2.35. The lowest BCUT2D eigenvalue weighted by Gasteiger charge is -2.32. The van der Waals surface area contributed by atoms with Gasteiger partial charge in [0.2, 0.25) is 5.91 Å². The van der Waals surface area contributed by atoms with Gasteiger partial charge in [-0.1, -0.05) is 24.6 Å². The maximum absolute atomic E-state index is 13.6. The van der Waals surface area contributed by atoms with Crippen LogP contribution >= 0.6 is 11.3 Å². The molecule has 0 spiro atoms. The van der Waals surface area contributed by atoms with Gasteiger partial charge in [-0.15, -0.1) is 11.3 Å². The third kappa shape index (κ3) is 7.16. The standard InChI is InChI=1S/C27H31F2N3O2S/c1-17(33)32-25(12-18-10-22(28)15-23(29)11-18)26(34)16-31-24-7-3-5-20(14-24)19-4-2-6-21(13-19)27-30-8-9-35-27/h2,4,6,8-11,13,15,20,24-26,31,34H,3,5,7,12,14,16H2,1H3,(H,32,33)/t20?,24?,25-,26+/m0/s1. The molecule has 3 aromatic rings. The number of halogens is 2. The first kappa shape index (κ1) is 25.4. The lowest BCUT2D eigenvalue weighted by atomic mass is 9.81. The SMILES string of the molecule is CC(=O)N[C@@H](Cc1cc(F)cc(F)c1)[C@H](O)CNC1CCCC(c2cccc(-c3nccs3)c2)C1. The van der Waals surface area contributed by atoms with Crippen LogP contribution in [0.15, 0.2) is 54.0 Å². The first-order valence-corrected chi connectivity index (χ1v) is 12.9. The second-order valence-electron chi connectivity index (χ2n) is 9.29. The summed E-state index contributed by atoms with van der Waals surface area (Å²) < 4.78 is 27.2. The molecule has 1 heterocycles. The van der Waals surface area contributed by atoms with Gasteiger partial charge in [0.05, 0.1) is 12.1 Å². The van der Waals surface area contributed by atoms with Crippen LogP contribution in [0.2, 0.25) is 0 Å². The summed E-state index contributed by atoms with van der Waals surface area (Å²) in [5.41, 5.74) is 2.82. The highest BCUT2D eigenvalue weighted by atomic mass is 32.1. The average molecular weight is 500 g/mol. The molecule has 1 saturated carbocycles. The summed E-state index contributed by atoms with van der Waals surface area (Å²) in [6.45, 7) is 1.64. The number of nitrogens with one attached hydrogen (secondary N) is 2. The molecule has 1 aromatic heterocycles. The molecule has 1 fully saturated rings. The highest BCUT2D eigenvalue weighted by Gasteiger charge is 2.26. The number of aromatic nitrogens is 1. The maximum Gasteiger partial charge on any atom is 0.217 e. The molecule has 1 aliphatic carbocycles. The van der Waals surface area contributed by atoms with E-state index in [-0.39, 0.29) is 24.9 Å². The Balaban J connectivity index is 1.36. The van der Waals surface area contributed by atoms with Gasteiger partial charge in [0.1, 0.15) is 16.6 Å². The van der Waals surface area contributed by atoms with Gasteiger partial charge in [-0.3, -0.25) is 4.79 Å². The van der Waals surface area contributed by atoms with Crippen molar-refractivity contribution in [2.75, 3.05) is 6.54 Å². The molecule has 0 aliphatic heterocycles. The molecule has 186 valence electrons. The van der Waals surface area contributed by atoms with Gasteiger partial charge >= 0.3 is 0 Å². The third-order valence-corrected chi connectivity index (χ3v) is 7.38. The van der Waals surface area contributed by atoms with Crippen molar-refractivity contribution in [2.24, 2.45) is 0 Å². The Bertz CT molecular complexity index is 1110. The molecule has 0 bridgehead atoms. The number of rotatable bonds is 9. The number of nitrogens with zero attached hydrogens (tertiary/aromatic N) is 1. The molecule has 1 amide bonds. The fourth-order valence-electron chi connectivity index (χ4n) is 4.93. The second-order valence-corrected chi connectivity index (χ2v) is 10.2. The fraction of sp³-hybridized carbons (Fsp3) is 0.407. The molecule has 3 N–H and O–H groups in total. The average Bonchev–Trinajstić information content (AvgIpc) is 3.37. The van der Waals surface area contributed by atoms with Crippen LogP contribution in [-0.4, -0.2) is 40.7 Å². The zero-order valence-electron chi connectivity index (χ0n) is 19.7. The van der Waals surface area contributed by atoms with Crippen molar-refractivity contribution in [1.82, 2.24) is 15.6 Å². The summed E-state index contributed by atoms with van der Waals surface area (Å²) in [5.74, 6) is -1.24. The van der Waals surface area contributed by atoms with Crippen molar-refractivity contribution < 1.29 is 18.7 Å². The predicted molar refractivity (Wildman–Crippen MR) is 134 cm³/mol. The van der Waals surface area contributed by atoms with E-state index in [4.69, 9.17) is 0 Å².